The van der Waals surface area contributed by atoms with Crippen molar-refractivity contribution in [3.63, 3.8) is 0 Å². The summed E-state index contributed by atoms with van der Waals surface area (Å²) in [6.45, 7) is 4.53. The summed E-state index contributed by atoms with van der Waals surface area (Å²) >= 11 is 1.62. The molecule has 112 valence electrons. The zero-order valence-corrected chi connectivity index (χ0v) is 13.3. The Morgan fingerprint density at radius 2 is 2.14 bits per heavy atom. The van der Waals surface area contributed by atoms with Crippen molar-refractivity contribution in [1.29, 1.82) is 0 Å². The summed E-state index contributed by atoms with van der Waals surface area (Å²) < 4.78 is 10.7. The second kappa shape index (κ2) is 7.33. The number of rotatable bonds is 7. The van der Waals surface area contributed by atoms with Crippen LogP contribution in [0.25, 0.3) is 0 Å². The number of aryl methyl sites for hydroxylation is 2. The van der Waals surface area contributed by atoms with E-state index in [1.165, 1.54) is 4.88 Å². The number of carbonyl (C=O) groups is 1. The number of ether oxygens (including phenoxy) is 2. The monoisotopic (exact) mass is 305 g/mol. The molecule has 0 radical (unpaired) electrons. The molecule has 0 aliphatic rings. The number of carbonyl (C=O) groups excluding carboxylic acids is 1. The van der Waals surface area contributed by atoms with Gasteiger partial charge in [0.05, 0.1) is 30.5 Å². The van der Waals surface area contributed by atoms with Crippen LogP contribution in [0.15, 0.2) is 23.7 Å². The third kappa shape index (κ3) is 4.12. The molecule has 0 fully saturated rings. The second-order valence-corrected chi connectivity index (χ2v) is 5.73. The van der Waals surface area contributed by atoms with E-state index < -0.39 is 0 Å². The summed E-state index contributed by atoms with van der Waals surface area (Å²) in [6, 6.07) is 5.54. The Hall–Kier alpha value is -1.72. The van der Waals surface area contributed by atoms with Crippen LogP contribution in [0.4, 0.5) is 0 Å². The van der Waals surface area contributed by atoms with Crippen molar-refractivity contribution < 1.29 is 14.3 Å². The zero-order chi connectivity index (χ0) is 15.2. The van der Waals surface area contributed by atoms with Crippen LogP contribution < -0.4 is 4.74 Å². The molecule has 1 aromatic carbocycles. The Labute approximate surface area is 128 Å². The van der Waals surface area contributed by atoms with Gasteiger partial charge >= 0.3 is 0 Å². The molecule has 0 saturated heterocycles. The number of hydrogen-bond acceptors (Lipinski definition) is 5. The predicted molar refractivity (Wildman–Crippen MR) is 83.4 cm³/mol. The van der Waals surface area contributed by atoms with Gasteiger partial charge in [-0.25, -0.2) is 4.98 Å². The minimum Gasteiger partial charge on any atom is -0.496 e. The number of aromatic nitrogens is 1. The minimum absolute atomic E-state index is 0.0622. The average Bonchev–Trinajstić information content (AvgIpc) is 2.88. The lowest BCUT2D eigenvalue weighted by Crippen LogP contribution is -2.12. The molecule has 1 heterocycles. The Morgan fingerprint density at radius 3 is 2.81 bits per heavy atom. The number of methoxy groups -OCH3 is 1. The first-order valence-corrected chi connectivity index (χ1v) is 7.64. The van der Waals surface area contributed by atoms with Crippen LogP contribution in [0, 0.1) is 13.8 Å². The van der Waals surface area contributed by atoms with E-state index in [0.29, 0.717) is 17.9 Å². The van der Waals surface area contributed by atoms with Gasteiger partial charge < -0.3 is 9.47 Å². The lowest BCUT2D eigenvalue weighted by molar-refractivity contribution is 0.0763. The van der Waals surface area contributed by atoms with Crippen LogP contribution in [0.3, 0.4) is 0 Å². The SMILES string of the molecule is COc1cc(C)ccc1C(=O)COCCc1scnc1C. The van der Waals surface area contributed by atoms with Crippen molar-refractivity contribution in [2.45, 2.75) is 20.3 Å². The van der Waals surface area contributed by atoms with Gasteiger partial charge in [0, 0.05) is 11.3 Å². The van der Waals surface area contributed by atoms with Gasteiger partial charge in [0.25, 0.3) is 0 Å². The van der Waals surface area contributed by atoms with E-state index in [-0.39, 0.29) is 12.4 Å². The molecule has 1 aromatic heterocycles. The molecule has 4 nitrogen and oxygen atoms in total. The predicted octanol–water partition coefficient (Wildman–Crippen LogP) is 3.21. The molecule has 0 amide bonds. The van der Waals surface area contributed by atoms with Crippen molar-refractivity contribution in [1.82, 2.24) is 4.98 Å². The zero-order valence-electron chi connectivity index (χ0n) is 12.5. The minimum atomic E-state index is -0.0622. The van der Waals surface area contributed by atoms with Crippen LogP contribution in [0.5, 0.6) is 5.75 Å². The van der Waals surface area contributed by atoms with Crippen LogP contribution in [-0.2, 0) is 11.2 Å². The van der Waals surface area contributed by atoms with Gasteiger partial charge in [-0.3, -0.25) is 4.79 Å². The smallest absolute Gasteiger partial charge is 0.192 e. The molecule has 0 N–H and O–H groups in total. The highest BCUT2D eigenvalue weighted by molar-refractivity contribution is 7.09. The van der Waals surface area contributed by atoms with E-state index in [0.717, 1.165) is 17.7 Å². The van der Waals surface area contributed by atoms with Crippen molar-refractivity contribution in [2.24, 2.45) is 0 Å². The van der Waals surface area contributed by atoms with Crippen molar-refractivity contribution in [3.8, 4) is 5.75 Å². The van der Waals surface area contributed by atoms with Crippen molar-refractivity contribution in [2.75, 3.05) is 20.3 Å². The van der Waals surface area contributed by atoms with Gasteiger partial charge in [0.1, 0.15) is 12.4 Å². The van der Waals surface area contributed by atoms with Crippen LogP contribution in [-0.4, -0.2) is 31.1 Å². The first-order chi connectivity index (χ1) is 10.1. The number of ketones is 1. The fourth-order valence-electron chi connectivity index (χ4n) is 2.00. The van der Waals surface area contributed by atoms with Crippen molar-refractivity contribution >= 4 is 17.1 Å². The number of benzene rings is 1. The molecule has 0 bridgehead atoms. The maximum absolute atomic E-state index is 12.1. The fraction of sp³-hybridized carbons (Fsp3) is 0.375. The molecule has 0 spiro atoms. The van der Waals surface area contributed by atoms with Gasteiger partial charge in [-0.2, -0.15) is 0 Å². The topological polar surface area (TPSA) is 48.4 Å². The van der Waals surface area contributed by atoms with Gasteiger partial charge in [-0.15, -0.1) is 11.3 Å². The summed E-state index contributed by atoms with van der Waals surface area (Å²) in [5.74, 6) is 0.537. The average molecular weight is 305 g/mol. The number of thiazole rings is 1. The largest absolute Gasteiger partial charge is 0.496 e. The quantitative estimate of drug-likeness (QED) is 0.582. The normalized spacial score (nSPS) is 10.6. The summed E-state index contributed by atoms with van der Waals surface area (Å²) in [4.78, 5) is 17.5. The number of nitrogens with zero attached hydrogens (tertiary/aromatic N) is 1. The van der Waals surface area contributed by atoms with Crippen LogP contribution >= 0.6 is 11.3 Å². The lowest BCUT2D eigenvalue weighted by atomic mass is 10.1. The summed E-state index contributed by atoms with van der Waals surface area (Å²) in [7, 11) is 1.57. The molecule has 0 saturated carbocycles. The van der Waals surface area contributed by atoms with E-state index in [1.54, 1.807) is 24.5 Å². The Balaban J connectivity index is 1.86. The molecule has 5 heteroatoms. The maximum Gasteiger partial charge on any atom is 0.192 e. The van der Waals surface area contributed by atoms with E-state index in [1.807, 2.05) is 31.5 Å². The molecule has 0 atom stereocenters. The summed E-state index contributed by atoms with van der Waals surface area (Å²) in [5.41, 5.74) is 4.49. The van der Waals surface area contributed by atoms with E-state index in [2.05, 4.69) is 4.98 Å². The van der Waals surface area contributed by atoms with Gasteiger partial charge in [0.15, 0.2) is 5.78 Å². The molecule has 0 aliphatic heterocycles. The summed E-state index contributed by atoms with van der Waals surface area (Å²) in [6.07, 6.45) is 0.787. The Kier molecular flexibility index (Phi) is 5.47. The number of Topliss-reactive ketones (excluding diaryl/α,β-unsaturated/α-hetero) is 1. The molecule has 21 heavy (non-hydrogen) atoms. The third-order valence-electron chi connectivity index (χ3n) is 3.21. The Morgan fingerprint density at radius 1 is 1.33 bits per heavy atom. The van der Waals surface area contributed by atoms with Gasteiger partial charge in [-0.1, -0.05) is 6.07 Å². The second-order valence-electron chi connectivity index (χ2n) is 4.79. The van der Waals surface area contributed by atoms with Gasteiger partial charge in [0.2, 0.25) is 0 Å². The highest BCUT2D eigenvalue weighted by atomic mass is 32.1. The van der Waals surface area contributed by atoms with Crippen molar-refractivity contribution in [3.05, 3.63) is 45.4 Å². The summed E-state index contributed by atoms with van der Waals surface area (Å²) in [5, 5.41) is 0. The molecule has 2 rings (SSSR count). The van der Waals surface area contributed by atoms with E-state index in [4.69, 9.17) is 9.47 Å². The van der Waals surface area contributed by atoms with Gasteiger partial charge in [-0.05, 0) is 31.5 Å². The van der Waals surface area contributed by atoms with E-state index in [9.17, 15) is 4.79 Å². The maximum atomic E-state index is 12.1. The first-order valence-electron chi connectivity index (χ1n) is 6.76. The van der Waals surface area contributed by atoms with Crippen LogP contribution in [0.2, 0.25) is 0 Å². The molecule has 0 unspecified atom stereocenters. The van der Waals surface area contributed by atoms with Crippen LogP contribution in [0.1, 0.15) is 26.5 Å². The Bertz CT molecular complexity index is 622. The molecular formula is C16H19NO3S. The fourth-order valence-corrected chi connectivity index (χ4v) is 2.76. The van der Waals surface area contributed by atoms with E-state index >= 15 is 0 Å². The number of hydrogen-bond donors (Lipinski definition) is 0. The molecule has 0 aliphatic carbocycles. The first kappa shape index (κ1) is 15.7. The molecular weight excluding hydrogens is 286 g/mol. The highest BCUT2D eigenvalue weighted by Crippen LogP contribution is 2.20. The lowest BCUT2D eigenvalue weighted by Gasteiger charge is -2.09. The highest BCUT2D eigenvalue weighted by Gasteiger charge is 2.12. The molecule has 2 aromatic rings. The standard InChI is InChI=1S/C16H19NO3S/c1-11-4-5-13(15(8-11)19-3)14(18)9-20-7-6-16-12(2)17-10-21-16/h4-5,8,10H,6-7,9H2,1-3H3. The third-order valence-corrected chi connectivity index (χ3v) is 4.20.